The molecule has 0 radical (unpaired) electrons. The molecule has 1 aliphatic rings. The van der Waals surface area contributed by atoms with Gasteiger partial charge in [-0.25, -0.2) is 19.3 Å². The fraction of sp³-hybridized carbons (Fsp3) is 0.609. The van der Waals surface area contributed by atoms with Crippen molar-refractivity contribution in [1.29, 1.82) is 0 Å². The normalized spacial score (nSPS) is 18.4. The van der Waals surface area contributed by atoms with Crippen molar-refractivity contribution in [1.82, 2.24) is 19.5 Å². The third kappa shape index (κ3) is 7.34. The van der Waals surface area contributed by atoms with Gasteiger partial charge in [0.2, 0.25) is 13.6 Å². The number of carbonyl (C=O) groups excluding carboxylic acids is 2. The van der Waals surface area contributed by atoms with Crippen molar-refractivity contribution in [3.63, 3.8) is 0 Å². The summed E-state index contributed by atoms with van der Waals surface area (Å²) in [7, 11) is -4.17. The van der Waals surface area contributed by atoms with Crippen LogP contribution in [-0.2, 0) is 37.4 Å². The Morgan fingerprint density at radius 2 is 1.63 bits per heavy atom. The SMILES string of the molecule is CC(C)(C)C(=O)OCOP(=O)(CO[C@@H]1C[C@H](n2cnc3c(N)ncnc32)C=C1F)OCOC(=O)C(C)(C)C. The second-order valence-corrected chi connectivity index (χ2v) is 12.7. The molecule has 210 valence electrons. The first-order valence-corrected chi connectivity index (χ1v) is 13.5. The van der Waals surface area contributed by atoms with E-state index >= 15 is 0 Å². The van der Waals surface area contributed by atoms with Crippen molar-refractivity contribution in [2.75, 3.05) is 25.7 Å². The summed E-state index contributed by atoms with van der Waals surface area (Å²) in [6.07, 6.45) is 2.41. The van der Waals surface area contributed by atoms with E-state index in [1.54, 1.807) is 46.1 Å². The Bertz CT molecular complexity index is 1220. The van der Waals surface area contributed by atoms with E-state index < -0.39 is 68.3 Å². The van der Waals surface area contributed by atoms with E-state index in [1.807, 2.05) is 0 Å². The largest absolute Gasteiger partial charge is 0.438 e. The van der Waals surface area contributed by atoms with Gasteiger partial charge in [-0.3, -0.25) is 23.2 Å². The summed E-state index contributed by atoms with van der Waals surface area (Å²) < 4.78 is 55.7. The number of hydrogen-bond donors (Lipinski definition) is 1. The van der Waals surface area contributed by atoms with Crippen molar-refractivity contribution >= 4 is 36.5 Å². The predicted octanol–water partition coefficient (Wildman–Crippen LogP) is 3.87. The van der Waals surface area contributed by atoms with Gasteiger partial charge < -0.3 is 24.5 Å². The first-order chi connectivity index (χ1) is 17.6. The lowest BCUT2D eigenvalue weighted by atomic mass is 9.98. The number of allylic oxidation sites excluding steroid dienone is 1. The summed E-state index contributed by atoms with van der Waals surface area (Å²) in [6.45, 7) is 8.39. The summed E-state index contributed by atoms with van der Waals surface area (Å²) >= 11 is 0. The second kappa shape index (κ2) is 11.4. The van der Waals surface area contributed by atoms with Crippen LogP contribution in [0.15, 0.2) is 24.6 Å². The van der Waals surface area contributed by atoms with Crippen LogP contribution in [0.25, 0.3) is 11.2 Å². The molecule has 0 spiro atoms. The van der Waals surface area contributed by atoms with Gasteiger partial charge in [0.15, 0.2) is 11.5 Å². The number of ether oxygens (including phenoxy) is 3. The van der Waals surface area contributed by atoms with Gasteiger partial charge in [-0.2, -0.15) is 0 Å². The molecular formula is C23H33FN5O8P. The number of esters is 2. The van der Waals surface area contributed by atoms with Crippen LogP contribution in [0.4, 0.5) is 10.2 Å². The predicted molar refractivity (Wildman–Crippen MR) is 133 cm³/mol. The van der Waals surface area contributed by atoms with E-state index in [1.165, 1.54) is 18.7 Å². The molecule has 0 unspecified atom stereocenters. The van der Waals surface area contributed by atoms with Gasteiger partial charge in [0.25, 0.3) is 0 Å². The van der Waals surface area contributed by atoms with Gasteiger partial charge in [-0.1, -0.05) is 0 Å². The maximum absolute atomic E-state index is 14.8. The highest BCUT2D eigenvalue weighted by Crippen LogP contribution is 2.49. The zero-order valence-corrected chi connectivity index (χ0v) is 23.1. The fourth-order valence-corrected chi connectivity index (χ4v) is 4.20. The lowest BCUT2D eigenvalue weighted by molar-refractivity contribution is -0.162. The number of nitrogens with zero attached hydrogens (tertiary/aromatic N) is 4. The van der Waals surface area contributed by atoms with Crippen molar-refractivity contribution in [3.05, 3.63) is 24.6 Å². The van der Waals surface area contributed by atoms with Crippen molar-refractivity contribution in [2.45, 2.75) is 60.1 Å². The maximum Gasteiger partial charge on any atom is 0.361 e. The molecule has 0 saturated heterocycles. The molecule has 38 heavy (non-hydrogen) atoms. The molecule has 15 heteroatoms. The summed E-state index contributed by atoms with van der Waals surface area (Å²) in [5.74, 6) is -1.62. The van der Waals surface area contributed by atoms with Gasteiger partial charge >= 0.3 is 19.5 Å². The molecule has 2 aromatic heterocycles. The number of nitrogen functional groups attached to an aromatic ring is 1. The quantitative estimate of drug-likeness (QED) is 0.255. The van der Waals surface area contributed by atoms with E-state index in [0.29, 0.717) is 11.2 Å². The molecule has 0 fully saturated rings. The Balaban J connectivity index is 1.65. The molecule has 0 aliphatic heterocycles. The van der Waals surface area contributed by atoms with E-state index in [-0.39, 0.29) is 12.2 Å². The number of anilines is 1. The Kier molecular flexibility index (Phi) is 8.92. The Hall–Kier alpha value is -2.93. The van der Waals surface area contributed by atoms with Gasteiger partial charge in [0.1, 0.15) is 30.1 Å². The van der Waals surface area contributed by atoms with E-state index in [9.17, 15) is 18.5 Å². The average Bonchev–Trinajstić information content (AvgIpc) is 3.40. The fourth-order valence-electron chi connectivity index (χ4n) is 3.19. The minimum atomic E-state index is -4.17. The summed E-state index contributed by atoms with van der Waals surface area (Å²) in [5.41, 5.74) is 4.97. The van der Waals surface area contributed by atoms with Gasteiger partial charge in [-0.15, -0.1) is 0 Å². The van der Waals surface area contributed by atoms with Crippen molar-refractivity contribution in [2.24, 2.45) is 10.8 Å². The number of hydrogen-bond acceptors (Lipinski definition) is 12. The molecular weight excluding hydrogens is 524 g/mol. The van der Waals surface area contributed by atoms with Crippen LogP contribution >= 0.6 is 7.60 Å². The van der Waals surface area contributed by atoms with Crippen LogP contribution in [0, 0.1) is 10.8 Å². The Morgan fingerprint density at radius 1 is 1.05 bits per heavy atom. The summed E-state index contributed by atoms with van der Waals surface area (Å²) in [5, 5.41) is 0. The minimum absolute atomic E-state index is 0.124. The van der Waals surface area contributed by atoms with Gasteiger partial charge in [0, 0.05) is 6.42 Å². The van der Waals surface area contributed by atoms with Crippen LogP contribution in [0.1, 0.15) is 54.0 Å². The Labute approximate surface area is 219 Å². The zero-order valence-electron chi connectivity index (χ0n) is 22.2. The minimum Gasteiger partial charge on any atom is -0.438 e. The van der Waals surface area contributed by atoms with Gasteiger partial charge in [-0.05, 0) is 47.6 Å². The zero-order chi connectivity index (χ0) is 28.3. The molecule has 3 rings (SSSR count). The molecule has 0 bridgehead atoms. The lowest BCUT2D eigenvalue weighted by Gasteiger charge is -2.23. The third-order valence-electron chi connectivity index (χ3n) is 5.40. The van der Waals surface area contributed by atoms with E-state index in [4.69, 9.17) is 29.0 Å². The van der Waals surface area contributed by atoms with E-state index in [2.05, 4.69) is 15.0 Å². The molecule has 2 heterocycles. The van der Waals surface area contributed by atoms with Crippen LogP contribution in [0.2, 0.25) is 0 Å². The molecule has 1 aliphatic carbocycles. The number of imidazole rings is 1. The van der Waals surface area contributed by atoms with Crippen molar-refractivity contribution < 1.29 is 41.8 Å². The highest BCUT2D eigenvalue weighted by atomic mass is 31.2. The van der Waals surface area contributed by atoms with Crippen molar-refractivity contribution in [3.8, 4) is 0 Å². The highest BCUT2D eigenvalue weighted by molar-refractivity contribution is 7.53. The molecule has 2 N–H and O–H groups in total. The first kappa shape index (κ1) is 29.6. The standard InChI is InChI=1S/C23H33FN5O8P/c1-22(2,3)20(30)33-11-36-38(32,37-12-34-21(31)23(4,5)6)13-35-16-8-14(7-15(16)24)29-10-28-17-18(25)26-9-27-19(17)29/h7,9-10,14,16H,8,11-13H2,1-6H3,(H2,25,26,27)/t14-,16-/m1/s1. The number of aromatic nitrogens is 4. The summed E-state index contributed by atoms with van der Waals surface area (Å²) in [6, 6.07) is -0.513. The molecule has 0 amide bonds. The number of carbonyl (C=O) groups is 2. The molecule has 0 saturated carbocycles. The monoisotopic (exact) mass is 557 g/mol. The molecule has 2 atom stereocenters. The smallest absolute Gasteiger partial charge is 0.361 e. The number of halogens is 1. The summed E-state index contributed by atoms with van der Waals surface area (Å²) in [4.78, 5) is 36.3. The van der Waals surface area contributed by atoms with Crippen LogP contribution < -0.4 is 5.73 Å². The Morgan fingerprint density at radius 3 is 2.18 bits per heavy atom. The van der Waals surface area contributed by atoms with Crippen LogP contribution in [0.3, 0.4) is 0 Å². The number of nitrogens with two attached hydrogens (primary N) is 1. The van der Waals surface area contributed by atoms with Gasteiger partial charge in [0.05, 0.1) is 23.2 Å². The molecule has 13 nitrogen and oxygen atoms in total. The van der Waals surface area contributed by atoms with E-state index in [0.717, 1.165) is 0 Å². The number of fused-ring (bicyclic) bond motifs is 1. The molecule has 2 aromatic rings. The molecule has 0 aromatic carbocycles. The second-order valence-electron chi connectivity index (χ2n) is 10.7. The topological polar surface area (TPSA) is 167 Å². The van der Waals surface area contributed by atoms with Crippen LogP contribution in [0.5, 0.6) is 0 Å². The number of rotatable bonds is 10. The average molecular weight is 558 g/mol. The maximum atomic E-state index is 14.8. The van der Waals surface area contributed by atoms with Crippen LogP contribution in [-0.4, -0.2) is 57.5 Å². The first-order valence-electron chi connectivity index (χ1n) is 11.7. The highest BCUT2D eigenvalue weighted by Gasteiger charge is 2.35. The lowest BCUT2D eigenvalue weighted by Crippen LogP contribution is -2.25. The third-order valence-corrected chi connectivity index (χ3v) is 6.86.